The van der Waals surface area contributed by atoms with Gasteiger partial charge in [0.1, 0.15) is 0 Å². The predicted octanol–water partition coefficient (Wildman–Crippen LogP) is 1.40. The van der Waals surface area contributed by atoms with Crippen molar-refractivity contribution in [2.45, 2.75) is 13.3 Å². The Morgan fingerprint density at radius 3 is 1.83 bits per heavy atom. The SMILES string of the molecule is CCOC(=O)OOC(=O)OCCCOC(=O)OC. The number of hydrogen-bond acceptors (Lipinski definition) is 9. The van der Waals surface area contributed by atoms with Gasteiger partial charge in [0.05, 0.1) is 26.9 Å². The van der Waals surface area contributed by atoms with Crippen molar-refractivity contribution >= 4 is 18.5 Å². The van der Waals surface area contributed by atoms with E-state index < -0.39 is 18.5 Å². The van der Waals surface area contributed by atoms with E-state index in [1.54, 1.807) is 6.92 Å². The summed E-state index contributed by atoms with van der Waals surface area (Å²) >= 11 is 0. The van der Waals surface area contributed by atoms with E-state index in [4.69, 9.17) is 0 Å². The monoisotopic (exact) mass is 266 g/mol. The van der Waals surface area contributed by atoms with Crippen molar-refractivity contribution in [3.63, 3.8) is 0 Å². The van der Waals surface area contributed by atoms with E-state index in [1.807, 2.05) is 0 Å². The Hall–Kier alpha value is -2.19. The Kier molecular flexibility index (Phi) is 8.78. The molecule has 0 aromatic carbocycles. The predicted molar refractivity (Wildman–Crippen MR) is 53.5 cm³/mol. The van der Waals surface area contributed by atoms with Crippen LogP contribution in [0.15, 0.2) is 0 Å². The van der Waals surface area contributed by atoms with Crippen molar-refractivity contribution in [3.8, 4) is 0 Å². The molecular weight excluding hydrogens is 252 g/mol. The first-order chi connectivity index (χ1) is 8.60. The quantitative estimate of drug-likeness (QED) is 0.240. The normalized spacial score (nSPS) is 9.00. The average Bonchev–Trinajstić information content (AvgIpc) is 2.36. The summed E-state index contributed by atoms with van der Waals surface area (Å²) in [6.07, 6.45) is -2.95. The minimum Gasteiger partial charge on any atom is -0.438 e. The van der Waals surface area contributed by atoms with E-state index >= 15 is 0 Å². The average molecular weight is 266 g/mol. The van der Waals surface area contributed by atoms with Crippen LogP contribution in [0, 0.1) is 0 Å². The molecule has 18 heavy (non-hydrogen) atoms. The molecule has 0 atom stereocenters. The lowest BCUT2D eigenvalue weighted by Gasteiger charge is -2.04. The van der Waals surface area contributed by atoms with Gasteiger partial charge in [-0.25, -0.2) is 4.79 Å². The van der Waals surface area contributed by atoms with Crippen LogP contribution >= 0.6 is 0 Å². The molecule has 0 fully saturated rings. The highest BCUT2D eigenvalue weighted by Crippen LogP contribution is 1.93. The minimum atomic E-state index is -1.21. The number of carbonyl (C=O) groups is 3. The highest BCUT2D eigenvalue weighted by Gasteiger charge is 2.11. The number of methoxy groups -OCH3 is 1. The largest absolute Gasteiger partial charge is 0.549 e. The molecular formula is C9H14O9. The van der Waals surface area contributed by atoms with Gasteiger partial charge in [0.15, 0.2) is 0 Å². The minimum absolute atomic E-state index is 0.0126. The fourth-order valence-corrected chi connectivity index (χ4v) is 0.663. The van der Waals surface area contributed by atoms with Gasteiger partial charge in [-0.15, -0.1) is 0 Å². The molecule has 0 aliphatic heterocycles. The van der Waals surface area contributed by atoms with E-state index in [0.717, 1.165) is 0 Å². The fraction of sp³-hybridized carbons (Fsp3) is 0.667. The third-order valence-corrected chi connectivity index (χ3v) is 1.34. The van der Waals surface area contributed by atoms with Gasteiger partial charge in [-0.05, 0) is 6.92 Å². The lowest BCUT2D eigenvalue weighted by atomic mass is 10.5. The highest BCUT2D eigenvalue weighted by molar-refractivity contribution is 5.63. The summed E-state index contributed by atoms with van der Waals surface area (Å²) in [7, 11) is 1.17. The van der Waals surface area contributed by atoms with E-state index in [0.29, 0.717) is 0 Å². The zero-order valence-corrected chi connectivity index (χ0v) is 10.0. The van der Waals surface area contributed by atoms with Gasteiger partial charge < -0.3 is 18.9 Å². The maximum absolute atomic E-state index is 10.8. The van der Waals surface area contributed by atoms with Gasteiger partial charge in [-0.2, -0.15) is 19.4 Å². The second-order valence-corrected chi connectivity index (χ2v) is 2.60. The van der Waals surface area contributed by atoms with Crippen molar-refractivity contribution in [3.05, 3.63) is 0 Å². The van der Waals surface area contributed by atoms with Gasteiger partial charge in [0.2, 0.25) is 0 Å². The first kappa shape index (κ1) is 15.8. The summed E-state index contributed by atoms with van der Waals surface area (Å²) in [5.41, 5.74) is 0. The Labute approximate surface area is 103 Å². The van der Waals surface area contributed by atoms with Crippen molar-refractivity contribution in [1.82, 2.24) is 0 Å². The molecule has 0 saturated carbocycles. The third-order valence-electron chi connectivity index (χ3n) is 1.34. The number of ether oxygens (including phenoxy) is 4. The molecule has 0 radical (unpaired) electrons. The fourth-order valence-electron chi connectivity index (χ4n) is 0.663. The molecule has 9 nitrogen and oxygen atoms in total. The van der Waals surface area contributed by atoms with E-state index in [2.05, 4.69) is 28.7 Å². The third kappa shape index (κ3) is 9.07. The Morgan fingerprint density at radius 2 is 1.33 bits per heavy atom. The van der Waals surface area contributed by atoms with Crippen LogP contribution in [-0.4, -0.2) is 45.4 Å². The molecule has 0 aliphatic carbocycles. The lowest BCUT2D eigenvalue weighted by molar-refractivity contribution is -0.217. The van der Waals surface area contributed by atoms with Crippen LogP contribution in [0.1, 0.15) is 13.3 Å². The van der Waals surface area contributed by atoms with Crippen LogP contribution in [0.4, 0.5) is 14.4 Å². The van der Waals surface area contributed by atoms with Gasteiger partial charge in [0.25, 0.3) is 0 Å². The van der Waals surface area contributed by atoms with E-state index in [1.165, 1.54) is 7.11 Å². The van der Waals surface area contributed by atoms with Crippen LogP contribution in [-0.2, 0) is 28.7 Å². The zero-order chi connectivity index (χ0) is 13.8. The Bertz CT molecular complexity index is 275. The molecule has 9 heteroatoms. The van der Waals surface area contributed by atoms with Crippen LogP contribution in [0.25, 0.3) is 0 Å². The van der Waals surface area contributed by atoms with Crippen LogP contribution in [0.3, 0.4) is 0 Å². The Morgan fingerprint density at radius 1 is 0.833 bits per heavy atom. The van der Waals surface area contributed by atoms with Crippen LogP contribution in [0.2, 0.25) is 0 Å². The maximum atomic E-state index is 10.8. The van der Waals surface area contributed by atoms with Gasteiger partial charge in [-0.1, -0.05) is 0 Å². The number of hydrogen-bond donors (Lipinski definition) is 0. The standard InChI is InChI=1S/C9H14O9/c1-3-14-8(11)17-18-9(12)16-6-4-5-15-7(10)13-2/h3-6H2,1-2H3. The zero-order valence-electron chi connectivity index (χ0n) is 10.0. The summed E-state index contributed by atoms with van der Waals surface area (Å²) in [4.78, 5) is 39.7. The van der Waals surface area contributed by atoms with Crippen molar-refractivity contribution < 1.29 is 43.1 Å². The molecule has 0 rings (SSSR count). The second-order valence-electron chi connectivity index (χ2n) is 2.60. The summed E-state index contributed by atoms with van der Waals surface area (Å²) in [5, 5.41) is 0. The van der Waals surface area contributed by atoms with Gasteiger partial charge in [0, 0.05) is 6.42 Å². The summed E-state index contributed by atoms with van der Waals surface area (Å²) in [5.74, 6) is 0. The van der Waals surface area contributed by atoms with Crippen LogP contribution < -0.4 is 0 Å². The number of rotatable bonds is 5. The number of carbonyl (C=O) groups excluding carboxylic acids is 3. The maximum Gasteiger partial charge on any atom is 0.549 e. The summed E-state index contributed by atoms with van der Waals surface area (Å²) in [6.45, 7) is 1.57. The lowest BCUT2D eigenvalue weighted by Crippen LogP contribution is -2.15. The Balaban J connectivity index is 3.42. The van der Waals surface area contributed by atoms with Crippen molar-refractivity contribution in [1.29, 1.82) is 0 Å². The molecule has 104 valence electrons. The topological polar surface area (TPSA) is 107 Å². The summed E-state index contributed by atoms with van der Waals surface area (Å²) < 4.78 is 17.5. The molecule has 0 amide bonds. The molecule has 0 aromatic heterocycles. The molecule has 0 bridgehead atoms. The van der Waals surface area contributed by atoms with Gasteiger partial charge in [-0.3, -0.25) is 0 Å². The molecule has 0 N–H and O–H groups in total. The first-order valence-corrected chi connectivity index (χ1v) is 4.99. The molecule has 0 heterocycles. The van der Waals surface area contributed by atoms with Crippen molar-refractivity contribution in [2.75, 3.05) is 26.9 Å². The van der Waals surface area contributed by atoms with Crippen LogP contribution in [0.5, 0.6) is 0 Å². The first-order valence-electron chi connectivity index (χ1n) is 4.99. The van der Waals surface area contributed by atoms with E-state index in [-0.39, 0.29) is 26.2 Å². The molecule has 0 aromatic rings. The molecule has 0 saturated heterocycles. The molecule has 0 spiro atoms. The van der Waals surface area contributed by atoms with E-state index in [9.17, 15) is 14.4 Å². The molecule has 0 aliphatic rings. The molecule has 0 unspecified atom stereocenters. The van der Waals surface area contributed by atoms with Gasteiger partial charge >= 0.3 is 18.5 Å². The van der Waals surface area contributed by atoms with Crippen molar-refractivity contribution in [2.24, 2.45) is 0 Å². The smallest absolute Gasteiger partial charge is 0.438 e. The summed E-state index contributed by atoms with van der Waals surface area (Å²) in [6, 6.07) is 0. The second kappa shape index (κ2) is 10.00. The highest BCUT2D eigenvalue weighted by atomic mass is 17.3.